The molecule has 0 aliphatic carbocycles. The van der Waals surface area contributed by atoms with Crippen LogP contribution in [0.1, 0.15) is 32.4 Å². The van der Waals surface area contributed by atoms with Crippen LogP contribution in [-0.2, 0) is 4.74 Å². The lowest BCUT2D eigenvalue weighted by molar-refractivity contribution is 0.0118. The van der Waals surface area contributed by atoms with Crippen LogP contribution < -0.4 is 5.32 Å². The highest BCUT2D eigenvalue weighted by molar-refractivity contribution is 5.69. The van der Waals surface area contributed by atoms with Gasteiger partial charge in [0.05, 0.1) is 6.04 Å². The van der Waals surface area contributed by atoms with E-state index < -0.39 is 5.60 Å². The standard InChI is InChI=1S/C16H22N4O2/c1-16(2,3)22-15(21)20-9-5-17-11-13(20)12-4-7-19-8-6-18-14(19)10-12/h4,6-8,10,13,17H,5,9,11H2,1-3H3. The summed E-state index contributed by atoms with van der Waals surface area (Å²) in [5, 5.41) is 3.35. The first-order valence-corrected chi connectivity index (χ1v) is 7.57. The zero-order chi connectivity index (χ0) is 15.7. The van der Waals surface area contributed by atoms with Crippen LogP contribution in [0.4, 0.5) is 4.79 Å². The zero-order valence-corrected chi connectivity index (χ0v) is 13.2. The number of nitrogens with zero attached hydrogens (tertiary/aromatic N) is 3. The summed E-state index contributed by atoms with van der Waals surface area (Å²) >= 11 is 0. The van der Waals surface area contributed by atoms with Gasteiger partial charge in [-0.25, -0.2) is 9.78 Å². The van der Waals surface area contributed by atoms with Crippen molar-refractivity contribution in [2.24, 2.45) is 0 Å². The Kier molecular flexibility index (Phi) is 3.78. The molecule has 2 aromatic rings. The second kappa shape index (κ2) is 5.61. The second-order valence-electron chi connectivity index (χ2n) is 6.55. The van der Waals surface area contributed by atoms with Gasteiger partial charge in [0.1, 0.15) is 11.2 Å². The van der Waals surface area contributed by atoms with E-state index in [0.29, 0.717) is 6.54 Å². The van der Waals surface area contributed by atoms with Gasteiger partial charge in [-0.15, -0.1) is 0 Å². The van der Waals surface area contributed by atoms with E-state index in [1.807, 2.05) is 49.7 Å². The van der Waals surface area contributed by atoms with Crippen LogP contribution in [0.2, 0.25) is 0 Å². The Balaban J connectivity index is 1.86. The lowest BCUT2D eigenvalue weighted by Crippen LogP contribution is -2.50. The minimum absolute atomic E-state index is 0.0368. The number of fused-ring (bicyclic) bond motifs is 1. The SMILES string of the molecule is CC(C)(C)OC(=O)N1CCNCC1c1ccn2ccnc2c1. The van der Waals surface area contributed by atoms with Crippen molar-refractivity contribution in [1.29, 1.82) is 0 Å². The minimum Gasteiger partial charge on any atom is -0.444 e. The maximum Gasteiger partial charge on any atom is 0.410 e. The van der Waals surface area contributed by atoms with E-state index in [1.165, 1.54) is 0 Å². The molecule has 0 radical (unpaired) electrons. The molecule has 0 aromatic carbocycles. The molecular formula is C16H22N4O2. The predicted molar refractivity (Wildman–Crippen MR) is 83.7 cm³/mol. The van der Waals surface area contributed by atoms with Crippen LogP contribution in [-0.4, -0.2) is 45.6 Å². The summed E-state index contributed by atoms with van der Waals surface area (Å²) in [4.78, 5) is 18.6. The first-order chi connectivity index (χ1) is 10.4. The fraction of sp³-hybridized carbons (Fsp3) is 0.500. The first-order valence-electron chi connectivity index (χ1n) is 7.57. The lowest BCUT2D eigenvalue weighted by atomic mass is 10.1. The van der Waals surface area contributed by atoms with E-state index in [0.717, 1.165) is 24.3 Å². The number of carbonyl (C=O) groups is 1. The number of nitrogens with one attached hydrogen (secondary N) is 1. The summed E-state index contributed by atoms with van der Waals surface area (Å²) in [7, 11) is 0. The number of piperazine rings is 1. The average Bonchev–Trinajstić information content (AvgIpc) is 2.92. The van der Waals surface area contributed by atoms with E-state index in [1.54, 1.807) is 11.1 Å². The third-order valence-corrected chi connectivity index (χ3v) is 3.68. The first kappa shape index (κ1) is 14.8. The summed E-state index contributed by atoms with van der Waals surface area (Å²) in [6.45, 7) is 7.80. The topological polar surface area (TPSA) is 58.9 Å². The van der Waals surface area contributed by atoms with Gasteiger partial charge in [0.2, 0.25) is 0 Å². The van der Waals surface area contributed by atoms with Crippen molar-refractivity contribution >= 4 is 11.7 Å². The molecule has 3 rings (SSSR count). The van der Waals surface area contributed by atoms with E-state index in [-0.39, 0.29) is 12.1 Å². The van der Waals surface area contributed by atoms with Crippen LogP contribution in [0.15, 0.2) is 30.7 Å². The van der Waals surface area contributed by atoms with Gasteiger partial charge in [0.15, 0.2) is 0 Å². The van der Waals surface area contributed by atoms with Crippen LogP contribution in [0, 0.1) is 0 Å². The van der Waals surface area contributed by atoms with E-state index in [9.17, 15) is 4.79 Å². The molecule has 1 saturated heterocycles. The van der Waals surface area contributed by atoms with E-state index in [4.69, 9.17) is 4.74 Å². The maximum atomic E-state index is 12.5. The number of ether oxygens (including phenoxy) is 1. The molecule has 1 unspecified atom stereocenters. The summed E-state index contributed by atoms with van der Waals surface area (Å²) in [6.07, 6.45) is 5.38. The lowest BCUT2D eigenvalue weighted by Gasteiger charge is -2.37. The van der Waals surface area contributed by atoms with Crippen molar-refractivity contribution in [1.82, 2.24) is 19.6 Å². The maximum absolute atomic E-state index is 12.5. The normalized spacial score (nSPS) is 19.4. The Morgan fingerprint density at radius 3 is 3.00 bits per heavy atom. The third-order valence-electron chi connectivity index (χ3n) is 3.68. The van der Waals surface area contributed by atoms with Crippen molar-refractivity contribution in [3.63, 3.8) is 0 Å². The average molecular weight is 302 g/mol. The van der Waals surface area contributed by atoms with Gasteiger partial charge in [-0.1, -0.05) is 0 Å². The van der Waals surface area contributed by atoms with Gasteiger partial charge < -0.3 is 14.5 Å². The van der Waals surface area contributed by atoms with Gasteiger partial charge in [0.25, 0.3) is 0 Å². The molecule has 1 N–H and O–H groups in total. The molecule has 118 valence electrons. The fourth-order valence-electron chi connectivity index (χ4n) is 2.67. The fourth-order valence-corrected chi connectivity index (χ4v) is 2.67. The van der Waals surface area contributed by atoms with Crippen LogP contribution in [0.25, 0.3) is 5.65 Å². The molecule has 6 heteroatoms. The second-order valence-corrected chi connectivity index (χ2v) is 6.55. The van der Waals surface area contributed by atoms with Crippen molar-refractivity contribution in [2.75, 3.05) is 19.6 Å². The van der Waals surface area contributed by atoms with Gasteiger partial charge >= 0.3 is 6.09 Å². The summed E-state index contributed by atoms with van der Waals surface area (Å²) < 4.78 is 7.50. The highest BCUT2D eigenvalue weighted by atomic mass is 16.6. The van der Waals surface area contributed by atoms with Crippen LogP contribution in [0.5, 0.6) is 0 Å². The Hall–Kier alpha value is -2.08. The van der Waals surface area contributed by atoms with Gasteiger partial charge in [-0.3, -0.25) is 4.90 Å². The summed E-state index contributed by atoms with van der Waals surface area (Å²) in [5.41, 5.74) is 1.46. The van der Waals surface area contributed by atoms with Crippen LogP contribution >= 0.6 is 0 Å². The van der Waals surface area contributed by atoms with Crippen molar-refractivity contribution in [3.05, 3.63) is 36.3 Å². The molecule has 1 fully saturated rings. The smallest absolute Gasteiger partial charge is 0.410 e. The number of hydrogen-bond donors (Lipinski definition) is 1. The largest absolute Gasteiger partial charge is 0.444 e. The van der Waals surface area contributed by atoms with Gasteiger partial charge in [0, 0.05) is 38.2 Å². The van der Waals surface area contributed by atoms with Gasteiger partial charge in [-0.2, -0.15) is 0 Å². The minimum atomic E-state index is -0.487. The molecule has 6 nitrogen and oxygen atoms in total. The number of carbonyl (C=O) groups excluding carboxylic acids is 1. The Morgan fingerprint density at radius 2 is 2.23 bits per heavy atom. The molecule has 0 spiro atoms. The van der Waals surface area contributed by atoms with Crippen molar-refractivity contribution < 1.29 is 9.53 Å². The number of amides is 1. The molecule has 1 amide bonds. The molecule has 1 atom stereocenters. The molecule has 3 heterocycles. The summed E-state index contributed by atoms with van der Waals surface area (Å²) in [6, 6.07) is 4.02. The molecule has 0 bridgehead atoms. The van der Waals surface area contributed by atoms with Crippen molar-refractivity contribution in [3.8, 4) is 0 Å². The Labute approximate surface area is 130 Å². The Morgan fingerprint density at radius 1 is 1.41 bits per heavy atom. The number of aromatic nitrogens is 2. The monoisotopic (exact) mass is 302 g/mol. The molecule has 1 aliphatic rings. The molecule has 1 aliphatic heterocycles. The molecule has 2 aromatic heterocycles. The predicted octanol–water partition coefficient (Wildman–Crippen LogP) is 2.22. The van der Waals surface area contributed by atoms with E-state index >= 15 is 0 Å². The van der Waals surface area contributed by atoms with Crippen LogP contribution in [0.3, 0.4) is 0 Å². The van der Waals surface area contributed by atoms with E-state index in [2.05, 4.69) is 10.3 Å². The zero-order valence-electron chi connectivity index (χ0n) is 13.2. The number of hydrogen-bond acceptors (Lipinski definition) is 4. The number of imidazole rings is 1. The summed E-state index contributed by atoms with van der Waals surface area (Å²) in [5.74, 6) is 0. The Bertz CT molecular complexity index is 674. The molecule has 0 saturated carbocycles. The quantitative estimate of drug-likeness (QED) is 0.877. The third kappa shape index (κ3) is 3.06. The molecular weight excluding hydrogens is 280 g/mol. The highest BCUT2D eigenvalue weighted by Gasteiger charge is 2.31. The molecule has 22 heavy (non-hydrogen) atoms. The highest BCUT2D eigenvalue weighted by Crippen LogP contribution is 2.25. The number of pyridine rings is 1. The number of rotatable bonds is 1. The van der Waals surface area contributed by atoms with Gasteiger partial charge in [-0.05, 0) is 38.5 Å². The van der Waals surface area contributed by atoms with Crippen molar-refractivity contribution in [2.45, 2.75) is 32.4 Å².